The highest BCUT2D eigenvalue weighted by atomic mass is 19.1. The molecule has 32 heavy (non-hydrogen) atoms. The van der Waals surface area contributed by atoms with Gasteiger partial charge in [-0.2, -0.15) is 5.10 Å². The minimum absolute atomic E-state index is 0.209. The van der Waals surface area contributed by atoms with E-state index in [1.54, 1.807) is 6.26 Å². The van der Waals surface area contributed by atoms with Crippen LogP contribution in [0.4, 0.5) is 4.39 Å². The lowest BCUT2D eigenvalue weighted by Gasteiger charge is -2.16. The third kappa shape index (κ3) is 3.30. The molecule has 8 heteroatoms. The highest BCUT2D eigenvalue weighted by Crippen LogP contribution is 2.37. The molecule has 164 valence electrons. The Morgan fingerprint density at radius 2 is 2.12 bits per heavy atom. The molecule has 0 spiro atoms. The molecule has 1 atom stereocenters. The zero-order valence-electron chi connectivity index (χ0n) is 17.5. The number of likely N-dealkylation sites (tertiary alicyclic amines) is 1. The van der Waals surface area contributed by atoms with Gasteiger partial charge in [-0.1, -0.05) is 6.07 Å². The number of fused-ring (bicyclic) bond motifs is 1. The Morgan fingerprint density at radius 3 is 2.97 bits per heavy atom. The van der Waals surface area contributed by atoms with Crippen LogP contribution in [0.3, 0.4) is 0 Å². The summed E-state index contributed by atoms with van der Waals surface area (Å²) in [6, 6.07) is 7.60. The van der Waals surface area contributed by atoms with E-state index < -0.39 is 11.5 Å². The van der Waals surface area contributed by atoms with Crippen LogP contribution in [0, 0.1) is 11.8 Å². The van der Waals surface area contributed by atoms with Crippen LogP contribution >= 0.6 is 0 Å². The van der Waals surface area contributed by atoms with Crippen molar-refractivity contribution in [2.45, 2.75) is 32.1 Å². The average molecular weight is 434 g/mol. The molecule has 0 bridgehead atoms. The Morgan fingerprint density at radius 1 is 1.25 bits per heavy atom. The normalized spacial score (nSPS) is 21.1. The van der Waals surface area contributed by atoms with Gasteiger partial charge in [-0.15, -0.1) is 0 Å². The number of nitrogens with one attached hydrogen (secondary N) is 1. The van der Waals surface area contributed by atoms with E-state index in [1.165, 1.54) is 10.6 Å². The number of H-pyrrole nitrogens is 1. The summed E-state index contributed by atoms with van der Waals surface area (Å²) in [6.45, 7) is 1.42. The Labute approximate surface area is 183 Å². The molecule has 1 N–H and O–H groups in total. The van der Waals surface area contributed by atoms with Gasteiger partial charge in [0.05, 0.1) is 12.0 Å². The van der Waals surface area contributed by atoms with E-state index in [2.05, 4.69) is 10.2 Å². The van der Waals surface area contributed by atoms with E-state index in [4.69, 9.17) is 4.42 Å². The maximum absolute atomic E-state index is 15.0. The van der Waals surface area contributed by atoms with Gasteiger partial charge in [-0.25, -0.2) is 18.9 Å². The number of rotatable bonds is 5. The average Bonchev–Trinajstić information content (AvgIpc) is 3.10. The first-order valence-electron chi connectivity index (χ1n) is 11.1. The van der Waals surface area contributed by atoms with Crippen LogP contribution in [0.25, 0.3) is 22.2 Å². The van der Waals surface area contributed by atoms with E-state index in [0.29, 0.717) is 30.9 Å². The second kappa shape index (κ2) is 7.32. The Balaban J connectivity index is 1.21. The molecule has 2 fully saturated rings. The van der Waals surface area contributed by atoms with Gasteiger partial charge in [0, 0.05) is 37.2 Å². The molecule has 3 heterocycles. The van der Waals surface area contributed by atoms with Crippen molar-refractivity contribution in [2.75, 3.05) is 13.1 Å². The molecule has 1 saturated heterocycles. The fraction of sp³-hybridized carbons (Fsp3) is 0.375. The summed E-state index contributed by atoms with van der Waals surface area (Å²) in [6.07, 6.45) is 6.81. The van der Waals surface area contributed by atoms with Crippen LogP contribution in [-0.4, -0.2) is 38.7 Å². The fourth-order valence-electron chi connectivity index (χ4n) is 4.88. The number of amides is 1. The number of aromatic amines is 1. The van der Waals surface area contributed by atoms with Crippen molar-refractivity contribution in [2.24, 2.45) is 11.8 Å². The maximum atomic E-state index is 15.0. The summed E-state index contributed by atoms with van der Waals surface area (Å²) in [5.41, 5.74) is 2.35. The number of hydrogen-bond donors (Lipinski definition) is 1. The number of benzene rings is 1. The van der Waals surface area contributed by atoms with Crippen molar-refractivity contribution in [3.63, 3.8) is 0 Å². The highest BCUT2D eigenvalue weighted by molar-refractivity contribution is 5.87. The second-order valence-corrected chi connectivity index (χ2v) is 9.01. The molecule has 6 rings (SSSR count). The first-order chi connectivity index (χ1) is 15.6. The SMILES string of the molecule is O=C(C1CC1)N1CC[C@@H](Cc2n[nH]c(=O)n2C2=C(F)C=C(c3ccc4occc4c3)C2)C1. The minimum atomic E-state index is -0.436. The number of allylic oxidation sites excluding steroid dienone is 4. The molecule has 1 aromatic carbocycles. The van der Waals surface area contributed by atoms with Crippen molar-refractivity contribution >= 4 is 28.1 Å². The summed E-state index contributed by atoms with van der Waals surface area (Å²) in [5.74, 6) is 0.771. The third-order valence-corrected chi connectivity index (χ3v) is 6.76. The number of carbonyl (C=O) groups excluding carboxylic acids is 1. The predicted octanol–water partition coefficient (Wildman–Crippen LogP) is 3.74. The molecule has 2 aromatic heterocycles. The summed E-state index contributed by atoms with van der Waals surface area (Å²) < 4.78 is 21.8. The molecule has 1 aliphatic heterocycles. The van der Waals surface area contributed by atoms with Gasteiger partial charge in [0.2, 0.25) is 5.91 Å². The quantitative estimate of drug-likeness (QED) is 0.663. The highest BCUT2D eigenvalue weighted by Gasteiger charge is 2.37. The van der Waals surface area contributed by atoms with Crippen LogP contribution in [0.15, 0.2) is 51.6 Å². The van der Waals surface area contributed by atoms with E-state index in [1.807, 2.05) is 29.2 Å². The van der Waals surface area contributed by atoms with E-state index >= 15 is 4.39 Å². The van der Waals surface area contributed by atoms with E-state index in [-0.39, 0.29) is 17.7 Å². The summed E-state index contributed by atoms with van der Waals surface area (Å²) >= 11 is 0. The molecule has 1 amide bonds. The molecular formula is C24H23FN4O3. The number of halogens is 1. The van der Waals surface area contributed by atoms with Crippen molar-refractivity contribution < 1.29 is 13.6 Å². The number of hydrogen-bond acceptors (Lipinski definition) is 4. The van der Waals surface area contributed by atoms with Crippen LogP contribution in [0.2, 0.25) is 0 Å². The van der Waals surface area contributed by atoms with Crippen molar-refractivity contribution in [1.29, 1.82) is 0 Å². The lowest BCUT2D eigenvalue weighted by atomic mass is 10.0. The lowest BCUT2D eigenvalue weighted by Crippen LogP contribution is -2.30. The van der Waals surface area contributed by atoms with Gasteiger partial charge < -0.3 is 9.32 Å². The summed E-state index contributed by atoms with van der Waals surface area (Å²) in [5, 5.41) is 7.63. The third-order valence-electron chi connectivity index (χ3n) is 6.76. The van der Waals surface area contributed by atoms with E-state index in [0.717, 1.165) is 47.9 Å². The zero-order chi connectivity index (χ0) is 21.8. The number of nitrogens with zero attached hydrogens (tertiary/aromatic N) is 3. The summed E-state index contributed by atoms with van der Waals surface area (Å²) in [7, 11) is 0. The maximum Gasteiger partial charge on any atom is 0.347 e. The predicted molar refractivity (Wildman–Crippen MR) is 117 cm³/mol. The topological polar surface area (TPSA) is 84.1 Å². The largest absolute Gasteiger partial charge is 0.464 e. The van der Waals surface area contributed by atoms with Crippen molar-refractivity contribution in [1.82, 2.24) is 19.7 Å². The standard InChI is InChI=1S/C24H23FN4O3/c25-19-11-18(16-3-4-21-17(10-16)6-8-32-21)12-20(19)29-22(26-27-24(29)31)9-14-5-7-28(13-14)23(30)15-1-2-15/h3-4,6,8,10-11,14-15H,1-2,5,7,9,12-13H2,(H,27,31)/t14-/m0/s1. The molecule has 1 saturated carbocycles. The lowest BCUT2D eigenvalue weighted by molar-refractivity contribution is -0.131. The molecule has 0 radical (unpaired) electrons. The van der Waals surface area contributed by atoms with Gasteiger partial charge in [-0.3, -0.25) is 4.79 Å². The van der Waals surface area contributed by atoms with Crippen LogP contribution < -0.4 is 5.69 Å². The fourth-order valence-corrected chi connectivity index (χ4v) is 4.88. The minimum Gasteiger partial charge on any atom is -0.464 e. The number of furan rings is 1. The van der Waals surface area contributed by atoms with Crippen LogP contribution in [-0.2, 0) is 11.2 Å². The molecule has 3 aromatic rings. The first-order valence-corrected chi connectivity index (χ1v) is 11.1. The van der Waals surface area contributed by atoms with Gasteiger partial charge in [-0.05, 0) is 60.6 Å². The molecule has 0 unspecified atom stereocenters. The van der Waals surface area contributed by atoms with E-state index in [9.17, 15) is 9.59 Å². The van der Waals surface area contributed by atoms with Crippen molar-refractivity contribution in [3.8, 4) is 0 Å². The van der Waals surface area contributed by atoms with Gasteiger partial charge >= 0.3 is 5.69 Å². The second-order valence-electron chi connectivity index (χ2n) is 9.01. The molecule has 2 aliphatic carbocycles. The van der Waals surface area contributed by atoms with Crippen LogP contribution in [0.5, 0.6) is 0 Å². The Kier molecular flexibility index (Phi) is 4.41. The number of carbonyl (C=O) groups is 1. The van der Waals surface area contributed by atoms with Gasteiger partial charge in [0.1, 0.15) is 17.2 Å². The van der Waals surface area contributed by atoms with Gasteiger partial charge in [0.25, 0.3) is 0 Å². The Bertz CT molecular complexity index is 1340. The first kappa shape index (κ1) is 19.3. The summed E-state index contributed by atoms with van der Waals surface area (Å²) in [4.78, 5) is 26.8. The van der Waals surface area contributed by atoms with Gasteiger partial charge in [0.15, 0.2) is 0 Å². The molecular weight excluding hydrogens is 411 g/mol. The zero-order valence-corrected chi connectivity index (χ0v) is 17.5. The monoisotopic (exact) mass is 434 g/mol. The van der Waals surface area contributed by atoms with Crippen molar-refractivity contribution in [3.05, 3.63) is 64.3 Å². The smallest absolute Gasteiger partial charge is 0.347 e. The number of aromatic nitrogens is 3. The van der Waals surface area contributed by atoms with Crippen LogP contribution in [0.1, 0.15) is 37.1 Å². The molecule has 7 nitrogen and oxygen atoms in total. The Hall–Kier alpha value is -3.42. The molecule has 3 aliphatic rings.